The summed E-state index contributed by atoms with van der Waals surface area (Å²) in [5.74, 6) is -3.21. The Balaban J connectivity index is 1.88. The SMILES string of the molecule is Cn1cc(C(=O)NC(Cc2ccccc2)C(=O)C(=O)O)c(-c2ccccc2)n1. The zero-order valence-corrected chi connectivity index (χ0v) is 15.2. The third kappa shape index (κ3) is 4.32. The molecule has 1 aromatic heterocycles. The van der Waals surface area contributed by atoms with Gasteiger partial charge in [-0.05, 0) is 5.56 Å². The minimum Gasteiger partial charge on any atom is -0.475 e. The van der Waals surface area contributed by atoms with Crippen molar-refractivity contribution in [3.63, 3.8) is 0 Å². The van der Waals surface area contributed by atoms with Gasteiger partial charge in [0.15, 0.2) is 0 Å². The second kappa shape index (κ2) is 8.30. The van der Waals surface area contributed by atoms with Crippen molar-refractivity contribution in [2.75, 3.05) is 0 Å². The molecule has 2 N–H and O–H groups in total. The molecular weight excluding hydrogens is 358 g/mol. The van der Waals surface area contributed by atoms with Crippen molar-refractivity contribution in [1.82, 2.24) is 15.1 Å². The van der Waals surface area contributed by atoms with Crippen molar-refractivity contribution in [2.24, 2.45) is 7.05 Å². The number of aromatic nitrogens is 2. The first-order chi connectivity index (χ1) is 13.5. The van der Waals surface area contributed by atoms with E-state index < -0.39 is 23.7 Å². The van der Waals surface area contributed by atoms with Gasteiger partial charge in [0.1, 0.15) is 11.7 Å². The molecule has 0 saturated heterocycles. The lowest BCUT2D eigenvalue weighted by atomic mass is 10.0. The van der Waals surface area contributed by atoms with Gasteiger partial charge in [0.2, 0.25) is 0 Å². The normalized spacial score (nSPS) is 11.6. The van der Waals surface area contributed by atoms with Crippen LogP contribution >= 0.6 is 0 Å². The Morgan fingerprint density at radius 3 is 2.25 bits per heavy atom. The number of nitrogens with zero attached hydrogens (tertiary/aromatic N) is 2. The molecule has 7 nitrogen and oxygen atoms in total. The summed E-state index contributed by atoms with van der Waals surface area (Å²) in [4.78, 5) is 36.2. The Kier molecular flexibility index (Phi) is 5.64. The minimum atomic E-state index is -1.59. The molecule has 0 bridgehead atoms. The number of aryl methyl sites for hydroxylation is 1. The number of carbonyl (C=O) groups excluding carboxylic acids is 2. The molecule has 2 aromatic carbocycles. The number of aliphatic carboxylic acids is 1. The number of carboxylic acids is 1. The van der Waals surface area contributed by atoms with Gasteiger partial charge in [0.25, 0.3) is 11.7 Å². The molecule has 0 radical (unpaired) electrons. The number of rotatable bonds is 7. The molecule has 1 atom stereocenters. The number of benzene rings is 2. The molecule has 0 spiro atoms. The zero-order chi connectivity index (χ0) is 20.1. The summed E-state index contributed by atoms with van der Waals surface area (Å²) in [6.45, 7) is 0. The Morgan fingerprint density at radius 2 is 1.64 bits per heavy atom. The van der Waals surface area contributed by atoms with Crippen LogP contribution < -0.4 is 5.32 Å². The van der Waals surface area contributed by atoms with Crippen LogP contribution in [0.25, 0.3) is 11.3 Å². The number of hydrogen-bond donors (Lipinski definition) is 2. The monoisotopic (exact) mass is 377 g/mol. The molecule has 28 heavy (non-hydrogen) atoms. The summed E-state index contributed by atoms with van der Waals surface area (Å²) in [5, 5.41) is 16.0. The van der Waals surface area contributed by atoms with Crippen molar-refractivity contribution >= 4 is 17.7 Å². The van der Waals surface area contributed by atoms with E-state index in [9.17, 15) is 14.4 Å². The van der Waals surface area contributed by atoms with Crippen LogP contribution in [0.4, 0.5) is 0 Å². The molecule has 7 heteroatoms. The molecule has 142 valence electrons. The Hall–Kier alpha value is -3.74. The number of carboxylic acid groups (broad SMARTS) is 1. The fraction of sp³-hybridized carbons (Fsp3) is 0.143. The van der Waals surface area contributed by atoms with Gasteiger partial charge in [0, 0.05) is 25.2 Å². The average Bonchev–Trinajstić information content (AvgIpc) is 3.10. The highest BCUT2D eigenvalue weighted by Crippen LogP contribution is 2.21. The lowest BCUT2D eigenvalue weighted by molar-refractivity contribution is -0.149. The van der Waals surface area contributed by atoms with Crippen LogP contribution in [0.2, 0.25) is 0 Å². The van der Waals surface area contributed by atoms with Crippen LogP contribution in [0.15, 0.2) is 66.9 Å². The van der Waals surface area contributed by atoms with E-state index in [-0.39, 0.29) is 12.0 Å². The summed E-state index contributed by atoms with van der Waals surface area (Å²) in [5.41, 5.74) is 2.22. The summed E-state index contributed by atoms with van der Waals surface area (Å²) in [6, 6.07) is 16.9. The van der Waals surface area contributed by atoms with E-state index in [4.69, 9.17) is 5.11 Å². The number of carbonyl (C=O) groups is 3. The molecule has 0 fully saturated rings. The van der Waals surface area contributed by atoms with Gasteiger partial charge < -0.3 is 10.4 Å². The van der Waals surface area contributed by atoms with Gasteiger partial charge in [-0.25, -0.2) is 4.79 Å². The van der Waals surface area contributed by atoms with Crippen molar-refractivity contribution in [1.29, 1.82) is 0 Å². The summed E-state index contributed by atoms with van der Waals surface area (Å²) in [6.07, 6.45) is 1.63. The quantitative estimate of drug-likeness (QED) is 0.614. The van der Waals surface area contributed by atoms with E-state index >= 15 is 0 Å². The van der Waals surface area contributed by atoms with Crippen LogP contribution in [0.3, 0.4) is 0 Å². The van der Waals surface area contributed by atoms with E-state index in [0.717, 1.165) is 11.1 Å². The molecular formula is C21H19N3O4. The van der Waals surface area contributed by atoms with E-state index in [1.807, 2.05) is 36.4 Å². The van der Waals surface area contributed by atoms with Gasteiger partial charge >= 0.3 is 5.97 Å². The lowest BCUT2D eigenvalue weighted by Crippen LogP contribution is -2.45. The van der Waals surface area contributed by atoms with Gasteiger partial charge in [-0.1, -0.05) is 60.7 Å². The summed E-state index contributed by atoms with van der Waals surface area (Å²) >= 11 is 0. The van der Waals surface area contributed by atoms with E-state index in [0.29, 0.717) is 5.69 Å². The van der Waals surface area contributed by atoms with Crippen molar-refractivity contribution < 1.29 is 19.5 Å². The largest absolute Gasteiger partial charge is 0.475 e. The van der Waals surface area contributed by atoms with E-state index in [1.165, 1.54) is 4.68 Å². The van der Waals surface area contributed by atoms with E-state index in [2.05, 4.69) is 10.4 Å². The first kappa shape index (κ1) is 19.0. The topological polar surface area (TPSA) is 101 Å². The molecule has 0 aliphatic carbocycles. The number of Topliss-reactive ketones (excluding diaryl/α,β-unsaturated/α-hetero) is 1. The van der Waals surface area contributed by atoms with Gasteiger partial charge in [-0.3, -0.25) is 14.3 Å². The number of ketones is 1. The molecule has 1 amide bonds. The molecule has 3 rings (SSSR count). The van der Waals surface area contributed by atoms with Crippen LogP contribution in [0.1, 0.15) is 15.9 Å². The molecule has 0 saturated carbocycles. The van der Waals surface area contributed by atoms with Gasteiger partial charge in [0.05, 0.1) is 5.56 Å². The maximum Gasteiger partial charge on any atom is 0.374 e. The predicted molar refractivity (Wildman–Crippen MR) is 103 cm³/mol. The number of amides is 1. The summed E-state index contributed by atoms with van der Waals surface area (Å²) in [7, 11) is 1.69. The molecule has 3 aromatic rings. The second-order valence-corrected chi connectivity index (χ2v) is 6.32. The van der Waals surface area contributed by atoms with E-state index in [1.54, 1.807) is 37.5 Å². The lowest BCUT2D eigenvalue weighted by Gasteiger charge is -2.16. The third-order valence-electron chi connectivity index (χ3n) is 4.24. The van der Waals surface area contributed by atoms with Crippen LogP contribution in [-0.4, -0.2) is 38.6 Å². The first-order valence-electron chi connectivity index (χ1n) is 8.66. The van der Waals surface area contributed by atoms with Crippen LogP contribution in [0, 0.1) is 0 Å². The first-order valence-corrected chi connectivity index (χ1v) is 8.66. The smallest absolute Gasteiger partial charge is 0.374 e. The van der Waals surface area contributed by atoms with Crippen molar-refractivity contribution in [2.45, 2.75) is 12.5 Å². The third-order valence-corrected chi connectivity index (χ3v) is 4.24. The maximum absolute atomic E-state index is 12.9. The number of hydrogen-bond acceptors (Lipinski definition) is 4. The molecule has 1 unspecified atom stereocenters. The molecule has 1 heterocycles. The minimum absolute atomic E-state index is 0.0820. The Morgan fingerprint density at radius 1 is 1.04 bits per heavy atom. The Labute approximate surface area is 161 Å². The van der Waals surface area contributed by atoms with Gasteiger partial charge in [-0.15, -0.1) is 0 Å². The zero-order valence-electron chi connectivity index (χ0n) is 15.2. The highest BCUT2D eigenvalue weighted by Gasteiger charge is 2.28. The van der Waals surface area contributed by atoms with Gasteiger partial charge in [-0.2, -0.15) is 5.10 Å². The van der Waals surface area contributed by atoms with Crippen LogP contribution in [-0.2, 0) is 23.1 Å². The van der Waals surface area contributed by atoms with Crippen LogP contribution in [0.5, 0.6) is 0 Å². The predicted octanol–water partition coefficient (Wildman–Crippen LogP) is 2.08. The fourth-order valence-electron chi connectivity index (χ4n) is 2.91. The second-order valence-electron chi connectivity index (χ2n) is 6.32. The highest BCUT2D eigenvalue weighted by molar-refractivity contribution is 6.35. The Bertz CT molecular complexity index is 997. The molecule has 0 aliphatic rings. The average molecular weight is 377 g/mol. The highest BCUT2D eigenvalue weighted by atomic mass is 16.4. The van der Waals surface area contributed by atoms with Crippen molar-refractivity contribution in [3.8, 4) is 11.3 Å². The fourth-order valence-corrected chi connectivity index (χ4v) is 2.91. The summed E-state index contributed by atoms with van der Waals surface area (Å²) < 4.78 is 1.50. The number of nitrogens with one attached hydrogen (secondary N) is 1. The van der Waals surface area contributed by atoms with Crippen molar-refractivity contribution in [3.05, 3.63) is 78.0 Å². The standard InChI is InChI=1S/C21H19N3O4/c1-24-13-16(18(23-24)15-10-6-3-7-11-15)20(26)22-17(19(25)21(27)28)12-14-8-4-2-5-9-14/h2-11,13,17H,12H2,1H3,(H,22,26)(H,27,28). The maximum atomic E-state index is 12.9. The molecule has 0 aliphatic heterocycles.